The van der Waals surface area contributed by atoms with Crippen molar-refractivity contribution in [3.8, 4) is 12.3 Å². The molecule has 2 aromatic carbocycles. The van der Waals surface area contributed by atoms with Gasteiger partial charge in [0.1, 0.15) is 0 Å². The third-order valence-corrected chi connectivity index (χ3v) is 8.99. The number of piperazine rings is 1. The maximum absolute atomic E-state index is 13.1. The maximum Gasteiger partial charge on any atom is 0.318 e. The van der Waals surface area contributed by atoms with E-state index in [1.54, 1.807) is 9.80 Å². The van der Waals surface area contributed by atoms with Crippen molar-refractivity contribution < 1.29 is 18.0 Å². The fourth-order valence-corrected chi connectivity index (χ4v) is 6.62. The van der Waals surface area contributed by atoms with Crippen molar-refractivity contribution in [3.05, 3.63) is 48.0 Å². The van der Waals surface area contributed by atoms with Gasteiger partial charge in [0.15, 0.2) is 0 Å². The number of amides is 3. The van der Waals surface area contributed by atoms with Gasteiger partial charge >= 0.3 is 6.03 Å². The number of piperidine rings is 1. The van der Waals surface area contributed by atoms with Crippen LogP contribution in [0.3, 0.4) is 0 Å². The van der Waals surface area contributed by atoms with Crippen molar-refractivity contribution in [2.75, 3.05) is 58.6 Å². The standard InChI is InChI=1S/C28H37N5O4S/c1-4-14-29-28(35)32-19-17-31(18-20-32)27(34)21-33(38(3,36)37)24-12-15-30(16-13-24)22(2)25-11-7-9-23-8-5-6-10-26(23)25/h1,5-11,22,24H,12-21H2,2-3H3,(H,29,35). The largest absolute Gasteiger partial charge is 0.338 e. The van der Waals surface area contributed by atoms with Crippen LogP contribution in [-0.4, -0.2) is 104 Å². The molecule has 0 bridgehead atoms. The van der Waals surface area contributed by atoms with Gasteiger partial charge < -0.3 is 15.1 Å². The van der Waals surface area contributed by atoms with Gasteiger partial charge in [-0.05, 0) is 36.1 Å². The Hall–Kier alpha value is -3.13. The summed E-state index contributed by atoms with van der Waals surface area (Å²) in [4.78, 5) is 30.8. The highest BCUT2D eigenvalue weighted by Gasteiger charge is 2.35. The molecule has 2 heterocycles. The van der Waals surface area contributed by atoms with Crippen LogP contribution in [0.5, 0.6) is 0 Å². The number of likely N-dealkylation sites (tertiary alicyclic amines) is 1. The van der Waals surface area contributed by atoms with Crippen LogP contribution in [0.15, 0.2) is 42.5 Å². The predicted octanol–water partition coefficient (Wildman–Crippen LogP) is 2.11. The molecule has 1 unspecified atom stereocenters. The van der Waals surface area contributed by atoms with Gasteiger partial charge in [-0.15, -0.1) is 6.42 Å². The molecule has 0 spiro atoms. The molecule has 10 heteroatoms. The number of benzene rings is 2. The van der Waals surface area contributed by atoms with Crippen molar-refractivity contribution in [3.63, 3.8) is 0 Å². The highest BCUT2D eigenvalue weighted by Crippen LogP contribution is 2.31. The van der Waals surface area contributed by atoms with Gasteiger partial charge in [-0.1, -0.05) is 48.4 Å². The molecule has 204 valence electrons. The lowest BCUT2D eigenvalue weighted by atomic mass is 9.96. The summed E-state index contributed by atoms with van der Waals surface area (Å²) in [5.74, 6) is 2.14. The van der Waals surface area contributed by atoms with E-state index >= 15 is 0 Å². The van der Waals surface area contributed by atoms with Gasteiger partial charge in [0, 0.05) is 51.4 Å². The molecule has 2 aromatic rings. The molecular formula is C28H37N5O4S. The number of nitrogens with zero attached hydrogens (tertiary/aromatic N) is 4. The summed E-state index contributed by atoms with van der Waals surface area (Å²) in [5.41, 5.74) is 1.27. The van der Waals surface area contributed by atoms with E-state index in [1.807, 2.05) is 6.07 Å². The summed E-state index contributed by atoms with van der Waals surface area (Å²) in [5, 5.41) is 5.08. The zero-order valence-electron chi connectivity index (χ0n) is 22.2. The van der Waals surface area contributed by atoms with Crippen LogP contribution < -0.4 is 5.32 Å². The lowest BCUT2D eigenvalue weighted by Gasteiger charge is -2.41. The number of sulfonamides is 1. The zero-order chi connectivity index (χ0) is 27.3. The Kier molecular flexibility index (Phi) is 8.92. The van der Waals surface area contributed by atoms with E-state index in [0.717, 1.165) is 13.1 Å². The average molecular weight is 540 g/mol. The Morgan fingerprint density at radius 3 is 2.32 bits per heavy atom. The molecule has 0 radical (unpaired) electrons. The second-order valence-corrected chi connectivity index (χ2v) is 12.0. The number of carbonyl (C=O) groups is 2. The number of nitrogens with one attached hydrogen (secondary N) is 1. The maximum atomic E-state index is 13.1. The first-order chi connectivity index (χ1) is 18.2. The lowest BCUT2D eigenvalue weighted by Crippen LogP contribution is -2.56. The first kappa shape index (κ1) is 27.9. The van der Waals surface area contributed by atoms with Crippen molar-refractivity contribution in [2.24, 2.45) is 0 Å². The molecule has 0 aromatic heterocycles. The van der Waals surface area contributed by atoms with E-state index in [0.29, 0.717) is 39.0 Å². The summed E-state index contributed by atoms with van der Waals surface area (Å²) in [6.45, 7) is 5.17. The van der Waals surface area contributed by atoms with Crippen LogP contribution in [0.25, 0.3) is 10.8 Å². The fourth-order valence-electron chi connectivity index (χ4n) is 5.52. The van der Waals surface area contributed by atoms with Crippen molar-refractivity contribution in [1.29, 1.82) is 0 Å². The second-order valence-electron chi connectivity index (χ2n) is 10.1. The molecule has 2 fully saturated rings. The third-order valence-electron chi connectivity index (χ3n) is 7.71. The summed E-state index contributed by atoms with van der Waals surface area (Å²) >= 11 is 0. The number of carbonyl (C=O) groups excluding carboxylic acids is 2. The second kappa shape index (κ2) is 12.2. The van der Waals surface area contributed by atoms with Gasteiger partial charge in [0.05, 0.1) is 19.3 Å². The van der Waals surface area contributed by atoms with E-state index in [2.05, 4.69) is 59.5 Å². The van der Waals surface area contributed by atoms with E-state index < -0.39 is 10.0 Å². The highest BCUT2D eigenvalue weighted by molar-refractivity contribution is 7.88. The third kappa shape index (κ3) is 6.46. The van der Waals surface area contributed by atoms with Crippen molar-refractivity contribution >= 4 is 32.7 Å². The van der Waals surface area contributed by atoms with Crippen LogP contribution in [0.1, 0.15) is 31.4 Å². The quantitative estimate of drug-likeness (QED) is 0.544. The highest BCUT2D eigenvalue weighted by atomic mass is 32.2. The molecule has 1 N–H and O–H groups in total. The smallest absolute Gasteiger partial charge is 0.318 e. The lowest BCUT2D eigenvalue weighted by molar-refractivity contribution is -0.133. The van der Waals surface area contributed by atoms with Gasteiger partial charge in [0.2, 0.25) is 15.9 Å². The van der Waals surface area contributed by atoms with Crippen LogP contribution in [0, 0.1) is 12.3 Å². The van der Waals surface area contributed by atoms with E-state index in [4.69, 9.17) is 6.42 Å². The number of hydrogen-bond donors (Lipinski definition) is 1. The van der Waals surface area contributed by atoms with Crippen LogP contribution in [0.4, 0.5) is 4.79 Å². The molecule has 2 saturated heterocycles. The topological polar surface area (TPSA) is 93.3 Å². The van der Waals surface area contributed by atoms with Crippen LogP contribution in [0.2, 0.25) is 0 Å². The Balaban J connectivity index is 1.35. The minimum atomic E-state index is -3.58. The van der Waals surface area contributed by atoms with E-state index in [-0.39, 0.29) is 37.1 Å². The van der Waals surface area contributed by atoms with Crippen LogP contribution in [-0.2, 0) is 14.8 Å². The van der Waals surface area contributed by atoms with Gasteiger partial charge in [-0.3, -0.25) is 9.69 Å². The molecular weight excluding hydrogens is 502 g/mol. The Morgan fingerprint density at radius 1 is 1.03 bits per heavy atom. The molecule has 3 amide bonds. The number of terminal acetylenes is 1. The molecule has 2 aliphatic heterocycles. The van der Waals surface area contributed by atoms with Crippen molar-refractivity contribution in [1.82, 2.24) is 24.3 Å². The number of fused-ring (bicyclic) bond motifs is 1. The monoisotopic (exact) mass is 539 g/mol. The fraction of sp³-hybridized carbons (Fsp3) is 0.500. The minimum Gasteiger partial charge on any atom is -0.338 e. The van der Waals surface area contributed by atoms with Crippen molar-refractivity contribution in [2.45, 2.75) is 31.8 Å². The number of rotatable bonds is 7. The molecule has 1 atom stereocenters. The molecule has 9 nitrogen and oxygen atoms in total. The average Bonchev–Trinajstić information content (AvgIpc) is 2.93. The zero-order valence-corrected chi connectivity index (χ0v) is 23.0. The summed E-state index contributed by atoms with van der Waals surface area (Å²) in [7, 11) is -3.58. The van der Waals surface area contributed by atoms with Gasteiger partial charge in [0.25, 0.3) is 0 Å². The summed E-state index contributed by atoms with van der Waals surface area (Å²) in [6.07, 6.45) is 7.70. The minimum absolute atomic E-state index is 0.154. The SMILES string of the molecule is C#CCNC(=O)N1CCN(C(=O)CN(C2CCN(C(C)c3cccc4ccccc34)CC2)S(C)(=O)=O)CC1. The summed E-state index contributed by atoms with van der Waals surface area (Å²) in [6, 6.07) is 14.5. The van der Waals surface area contributed by atoms with Gasteiger partial charge in [-0.2, -0.15) is 4.31 Å². The first-order valence-electron chi connectivity index (χ1n) is 13.1. The summed E-state index contributed by atoms with van der Waals surface area (Å²) < 4.78 is 26.9. The predicted molar refractivity (Wildman–Crippen MR) is 149 cm³/mol. The van der Waals surface area contributed by atoms with Gasteiger partial charge in [-0.25, -0.2) is 13.2 Å². The van der Waals surface area contributed by atoms with Crippen LogP contribution >= 0.6 is 0 Å². The molecule has 38 heavy (non-hydrogen) atoms. The molecule has 0 saturated carbocycles. The Labute approximate surface area is 225 Å². The number of urea groups is 1. The normalized spacial score (nSPS) is 18.4. The van der Waals surface area contributed by atoms with E-state index in [9.17, 15) is 18.0 Å². The number of hydrogen-bond acceptors (Lipinski definition) is 5. The first-order valence-corrected chi connectivity index (χ1v) is 15.0. The Morgan fingerprint density at radius 2 is 1.66 bits per heavy atom. The molecule has 0 aliphatic carbocycles. The molecule has 4 rings (SSSR count). The van der Waals surface area contributed by atoms with E-state index in [1.165, 1.54) is 26.9 Å². The molecule has 2 aliphatic rings. The Bertz CT molecular complexity index is 1290.